The molecular weight excluding hydrogens is 335 g/mol. The Labute approximate surface area is 150 Å². The molecule has 1 amide bonds. The highest BCUT2D eigenvalue weighted by atomic mass is 19.1. The van der Waals surface area contributed by atoms with Gasteiger partial charge >= 0.3 is 0 Å². The Hall–Kier alpha value is -2.58. The fourth-order valence-corrected chi connectivity index (χ4v) is 3.86. The quantitative estimate of drug-likeness (QED) is 0.656. The van der Waals surface area contributed by atoms with Crippen LogP contribution in [0.15, 0.2) is 36.4 Å². The smallest absolute Gasteiger partial charge is 0.236 e. The minimum atomic E-state index is -0.337. The first-order chi connectivity index (χ1) is 12.6. The summed E-state index contributed by atoms with van der Waals surface area (Å²) in [7, 11) is 0. The number of benzene rings is 1. The number of nitrogens with zero attached hydrogens (tertiary/aromatic N) is 2. The van der Waals surface area contributed by atoms with Crippen LogP contribution in [0, 0.1) is 11.7 Å². The van der Waals surface area contributed by atoms with Crippen molar-refractivity contribution in [3.63, 3.8) is 0 Å². The van der Waals surface area contributed by atoms with Gasteiger partial charge in [-0.15, -0.1) is 10.2 Å². The molecule has 4 unspecified atom stereocenters. The maximum Gasteiger partial charge on any atom is 0.236 e. The van der Waals surface area contributed by atoms with Gasteiger partial charge in [0.15, 0.2) is 0 Å². The fraction of sp³-hybridized carbons (Fsp3) is 0.389. The zero-order chi connectivity index (χ0) is 18.1. The topological polar surface area (TPSA) is 105 Å². The Morgan fingerprint density at radius 3 is 2.62 bits per heavy atom. The van der Waals surface area contributed by atoms with Crippen LogP contribution >= 0.6 is 0 Å². The molecule has 2 aliphatic rings. The largest absolute Gasteiger partial charge is 0.368 e. The van der Waals surface area contributed by atoms with E-state index in [1.807, 2.05) is 12.1 Å². The molecule has 8 heteroatoms. The average Bonchev–Trinajstić information content (AvgIpc) is 3.07. The van der Waals surface area contributed by atoms with Gasteiger partial charge in [0.25, 0.3) is 0 Å². The summed E-state index contributed by atoms with van der Waals surface area (Å²) in [5, 5.41) is 11.9. The molecule has 1 aliphatic carbocycles. The van der Waals surface area contributed by atoms with Crippen molar-refractivity contribution in [2.45, 2.75) is 37.4 Å². The fourth-order valence-electron chi connectivity index (χ4n) is 3.86. The van der Waals surface area contributed by atoms with Gasteiger partial charge in [0.2, 0.25) is 5.91 Å². The van der Waals surface area contributed by atoms with Gasteiger partial charge in [-0.2, -0.15) is 0 Å². The summed E-state index contributed by atoms with van der Waals surface area (Å²) in [5.41, 5.74) is 13.2. The average molecular weight is 356 g/mol. The van der Waals surface area contributed by atoms with E-state index in [-0.39, 0.29) is 35.8 Å². The predicted octanol–water partition coefficient (Wildman–Crippen LogP) is 1.19. The second kappa shape index (κ2) is 6.97. The highest BCUT2D eigenvalue weighted by molar-refractivity contribution is 5.80. The molecule has 0 spiro atoms. The lowest BCUT2D eigenvalue weighted by Gasteiger charge is -2.33. The number of rotatable bonds is 4. The molecule has 0 radical (unpaired) electrons. The number of halogens is 1. The third kappa shape index (κ3) is 3.38. The van der Waals surface area contributed by atoms with Crippen LogP contribution < -0.4 is 21.9 Å². The summed E-state index contributed by atoms with van der Waals surface area (Å²) < 4.78 is 13.0. The van der Waals surface area contributed by atoms with Gasteiger partial charge in [0.1, 0.15) is 17.7 Å². The molecule has 1 saturated heterocycles. The van der Waals surface area contributed by atoms with Gasteiger partial charge in [-0.3, -0.25) is 10.2 Å². The van der Waals surface area contributed by atoms with Crippen LogP contribution in [-0.2, 0) is 4.79 Å². The molecule has 2 aromatic rings. The van der Waals surface area contributed by atoms with Gasteiger partial charge in [-0.25, -0.2) is 9.82 Å². The molecule has 5 N–H and O–H groups in total. The van der Waals surface area contributed by atoms with Crippen molar-refractivity contribution in [3.05, 3.63) is 42.2 Å². The van der Waals surface area contributed by atoms with E-state index in [9.17, 15) is 9.18 Å². The monoisotopic (exact) mass is 356 g/mol. The number of nitrogens with one attached hydrogen (secondary N) is 3. The second-order valence-corrected chi connectivity index (χ2v) is 6.90. The molecule has 26 heavy (non-hydrogen) atoms. The van der Waals surface area contributed by atoms with Crippen molar-refractivity contribution in [2.75, 3.05) is 5.32 Å². The molecule has 136 valence electrons. The standard InChI is InChI=1S/C18H21FN6O/c19-11-3-1-10(2-4-11)14-7-8-16(24-22-14)21-12-5-6-15-13(9-12)17(18(20)26)25-23-15/h1-4,7-8,12-13,15,17,23,25H,5-6,9H2,(H2,20,26)(H,21,24). The Morgan fingerprint density at radius 2 is 1.92 bits per heavy atom. The highest BCUT2D eigenvalue weighted by Crippen LogP contribution is 2.31. The Morgan fingerprint density at radius 1 is 1.12 bits per heavy atom. The number of aromatic nitrogens is 2. The van der Waals surface area contributed by atoms with Gasteiger partial charge in [-0.1, -0.05) is 0 Å². The minimum Gasteiger partial charge on any atom is -0.368 e. The molecular formula is C18H21FN6O. The molecule has 1 saturated carbocycles. The molecule has 1 aromatic carbocycles. The molecule has 2 fully saturated rings. The summed E-state index contributed by atoms with van der Waals surface area (Å²) >= 11 is 0. The van der Waals surface area contributed by atoms with E-state index in [2.05, 4.69) is 26.4 Å². The number of primary amides is 1. The van der Waals surface area contributed by atoms with Crippen molar-refractivity contribution in [1.82, 2.24) is 21.0 Å². The van der Waals surface area contributed by atoms with E-state index in [0.717, 1.165) is 24.8 Å². The van der Waals surface area contributed by atoms with Crippen molar-refractivity contribution in [1.29, 1.82) is 0 Å². The number of nitrogens with two attached hydrogens (primary N) is 1. The lowest BCUT2D eigenvalue weighted by atomic mass is 9.79. The summed E-state index contributed by atoms with van der Waals surface area (Å²) in [5.74, 6) is 0.258. The summed E-state index contributed by atoms with van der Waals surface area (Å²) in [6, 6.07) is 10.0. The molecule has 4 rings (SSSR count). The van der Waals surface area contributed by atoms with Crippen molar-refractivity contribution in [3.8, 4) is 11.3 Å². The number of carbonyl (C=O) groups is 1. The van der Waals surface area contributed by atoms with Gasteiger partial charge in [0.05, 0.1) is 5.69 Å². The molecule has 7 nitrogen and oxygen atoms in total. The van der Waals surface area contributed by atoms with Crippen LogP contribution in [0.3, 0.4) is 0 Å². The van der Waals surface area contributed by atoms with Crippen molar-refractivity contribution >= 4 is 11.7 Å². The Balaban J connectivity index is 1.41. The number of fused-ring (bicyclic) bond motifs is 1. The number of hydrazine groups is 1. The molecule has 1 aliphatic heterocycles. The number of hydrogen-bond donors (Lipinski definition) is 4. The molecule has 4 atom stereocenters. The first-order valence-corrected chi connectivity index (χ1v) is 8.77. The second-order valence-electron chi connectivity index (χ2n) is 6.90. The third-order valence-electron chi connectivity index (χ3n) is 5.22. The van der Waals surface area contributed by atoms with Crippen LogP contribution in [-0.4, -0.2) is 34.2 Å². The maximum absolute atomic E-state index is 13.0. The molecule has 1 aromatic heterocycles. The van der Waals surface area contributed by atoms with Crippen LogP contribution in [0.5, 0.6) is 0 Å². The summed E-state index contributed by atoms with van der Waals surface area (Å²) in [4.78, 5) is 11.6. The first-order valence-electron chi connectivity index (χ1n) is 8.77. The van der Waals surface area contributed by atoms with Crippen LogP contribution in [0.1, 0.15) is 19.3 Å². The van der Waals surface area contributed by atoms with E-state index in [1.165, 1.54) is 12.1 Å². The van der Waals surface area contributed by atoms with Crippen molar-refractivity contribution in [2.24, 2.45) is 11.7 Å². The summed E-state index contributed by atoms with van der Waals surface area (Å²) in [6.45, 7) is 0. The zero-order valence-corrected chi connectivity index (χ0v) is 14.2. The van der Waals surface area contributed by atoms with Gasteiger partial charge in [0, 0.05) is 23.6 Å². The number of amides is 1. The van der Waals surface area contributed by atoms with Crippen LogP contribution in [0.25, 0.3) is 11.3 Å². The van der Waals surface area contributed by atoms with E-state index in [4.69, 9.17) is 5.73 Å². The van der Waals surface area contributed by atoms with E-state index >= 15 is 0 Å². The third-order valence-corrected chi connectivity index (χ3v) is 5.22. The maximum atomic E-state index is 13.0. The first kappa shape index (κ1) is 16.9. The van der Waals surface area contributed by atoms with E-state index < -0.39 is 0 Å². The van der Waals surface area contributed by atoms with Crippen molar-refractivity contribution < 1.29 is 9.18 Å². The molecule has 0 bridgehead atoms. The van der Waals surface area contributed by atoms with E-state index in [1.54, 1.807) is 12.1 Å². The van der Waals surface area contributed by atoms with E-state index in [0.29, 0.717) is 11.5 Å². The number of anilines is 1. The normalized spacial score (nSPS) is 27.7. The summed E-state index contributed by atoms with van der Waals surface area (Å²) in [6.07, 6.45) is 2.77. The lowest BCUT2D eigenvalue weighted by Crippen LogP contribution is -2.44. The van der Waals surface area contributed by atoms with Gasteiger partial charge < -0.3 is 11.1 Å². The van der Waals surface area contributed by atoms with Crippen LogP contribution in [0.2, 0.25) is 0 Å². The SMILES string of the molecule is NC(=O)C1NNC2CCC(Nc3ccc(-c4ccc(F)cc4)nn3)CC21. The molecule has 2 heterocycles. The zero-order valence-electron chi connectivity index (χ0n) is 14.2. The van der Waals surface area contributed by atoms with Gasteiger partial charge in [-0.05, 0) is 55.7 Å². The number of hydrogen-bond acceptors (Lipinski definition) is 6. The van der Waals surface area contributed by atoms with Crippen LogP contribution in [0.4, 0.5) is 10.2 Å². The highest BCUT2D eigenvalue weighted by Gasteiger charge is 2.42. The lowest BCUT2D eigenvalue weighted by molar-refractivity contribution is -0.120. The Bertz CT molecular complexity index is 781. The number of carbonyl (C=O) groups excluding carboxylic acids is 1. The predicted molar refractivity (Wildman–Crippen MR) is 95.2 cm³/mol. The Kier molecular flexibility index (Phi) is 4.52. The minimum absolute atomic E-state index is 0.171.